The lowest BCUT2D eigenvalue weighted by molar-refractivity contribution is 0.660. The summed E-state index contributed by atoms with van der Waals surface area (Å²) in [6.07, 6.45) is 7.67. The SMILES string of the molecule is C/C=C\C(=C/CC)c1cc(-c2ccccc2)cc(N(c2ccccc2)c2cc3c(c4ccccc24)-c2ccc(C)cc2C3(C)C)c1. The lowest BCUT2D eigenvalue weighted by Gasteiger charge is -2.30. The van der Waals surface area contributed by atoms with Gasteiger partial charge in [0.2, 0.25) is 0 Å². The van der Waals surface area contributed by atoms with Crippen LogP contribution in [-0.4, -0.2) is 0 Å². The summed E-state index contributed by atoms with van der Waals surface area (Å²) in [7, 11) is 0. The van der Waals surface area contributed by atoms with E-state index in [-0.39, 0.29) is 5.41 Å². The Labute approximate surface area is 274 Å². The van der Waals surface area contributed by atoms with Crippen LogP contribution in [0.5, 0.6) is 0 Å². The number of anilines is 3. The normalized spacial score (nSPS) is 13.6. The van der Waals surface area contributed by atoms with Gasteiger partial charge in [0.05, 0.1) is 5.69 Å². The summed E-state index contributed by atoms with van der Waals surface area (Å²) >= 11 is 0. The predicted octanol–water partition coefficient (Wildman–Crippen LogP) is 13.0. The van der Waals surface area contributed by atoms with Gasteiger partial charge in [0.25, 0.3) is 0 Å². The van der Waals surface area contributed by atoms with Gasteiger partial charge in [-0.1, -0.05) is 136 Å². The number of hydrogen-bond donors (Lipinski definition) is 0. The maximum atomic E-state index is 2.48. The average Bonchev–Trinajstić information content (AvgIpc) is 3.31. The van der Waals surface area contributed by atoms with Crippen molar-refractivity contribution in [1.82, 2.24) is 0 Å². The Hall–Kier alpha value is -5.14. The van der Waals surface area contributed by atoms with Crippen molar-refractivity contribution in [2.45, 2.75) is 46.5 Å². The number of fused-ring (bicyclic) bond motifs is 5. The molecule has 6 aromatic carbocycles. The van der Waals surface area contributed by atoms with E-state index in [1.54, 1.807) is 0 Å². The highest BCUT2D eigenvalue weighted by atomic mass is 15.1. The Balaban J connectivity index is 1.56. The van der Waals surface area contributed by atoms with Crippen LogP contribution in [0.3, 0.4) is 0 Å². The number of rotatable bonds is 7. The highest BCUT2D eigenvalue weighted by Crippen LogP contribution is 2.54. The lowest BCUT2D eigenvalue weighted by atomic mass is 9.81. The van der Waals surface area contributed by atoms with E-state index in [2.05, 4.69) is 185 Å². The molecule has 0 atom stereocenters. The number of hydrogen-bond acceptors (Lipinski definition) is 1. The monoisotopic (exact) mass is 595 g/mol. The second kappa shape index (κ2) is 12.0. The lowest BCUT2D eigenvalue weighted by Crippen LogP contribution is -2.17. The van der Waals surface area contributed by atoms with Crippen molar-refractivity contribution in [2.75, 3.05) is 4.90 Å². The van der Waals surface area contributed by atoms with Gasteiger partial charge in [0.1, 0.15) is 0 Å². The summed E-state index contributed by atoms with van der Waals surface area (Å²) in [5.74, 6) is 0. The van der Waals surface area contributed by atoms with Gasteiger partial charge in [-0.15, -0.1) is 0 Å². The molecule has 0 spiro atoms. The van der Waals surface area contributed by atoms with E-state index >= 15 is 0 Å². The molecule has 46 heavy (non-hydrogen) atoms. The predicted molar refractivity (Wildman–Crippen MR) is 199 cm³/mol. The van der Waals surface area contributed by atoms with Crippen LogP contribution in [0.15, 0.2) is 146 Å². The quantitative estimate of drug-likeness (QED) is 0.166. The third kappa shape index (κ3) is 5.07. The van der Waals surface area contributed by atoms with Gasteiger partial charge in [-0.2, -0.15) is 0 Å². The first-order valence-corrected chi connectivity index (χ1v) is 16.5. The summed E-state index contributed by atoms with van der Waals surface area (Å²) in [5, 5.41) is 2.55. The molecule has 0 saturated heterocycles. The van der Waals surface area contributed by atoms with Crippen LogP contribution in [0.4, 0.5) is 17.1 Å². The Morgan fingerprint density at radius 2 is 1.37 bits per heavy atom. The zero-order chi connectivity index (χ0) is 31.8. The highest BCUT2D eigenvalue weighted by Gasteiger charge is 2.38. The third-order valence-corrected chi connectivity index (χ3v) is 9.46. The topological polar surface area (TPSA) is 3.24 Å². The van der Waals surface area contributed by atoms with Crippen molar-refractivity contribution in [1.29, 1.82) is 0 Å². The van der Waals surface area contributed by atoms with Crippen molar-refractivity contribution in [2.24, 2.45) is 0 Å². The van der Waals surface area contributed by atoms with Gasteiger partial charge in [-0.25, -0.2) is 0 Å². The molecule has 1 heteroatoms. The van der Waals surface area contributed by atoms with Crippen molar-refractivity contribution in [3.05, 3.63) is 168 Å². The molecular weight excluding hydrogens is 555 g/mol. The van der Waals surface area contributed by atoms with E-state index < -0.39 is 0 Å². The summed E-state index contributed by atoms with van der Waals surface area (Å²) in [6.45, 7) is 11.3. The summed E-state index contributed by atoms with van der Waals surface area (Å²) in [4.78, 5) is 2.47. The number of nitrogens with zero attached hydrogens (tertiary/aromatic N) is 1. The molecule has 1 nitrogen and oxygen atoms in total. The van der Waals surface area contributed by atoms with E-state index in [1.807, 2.05) is 0 Å². The number of aryl methyl sites for hydroxylation is 1. The van der Waals surface area contributed by atoms with Crippen molar-refractivity contribution < 1.29 is 0 Å². The second-order valence-electron chi connectivity index (χ2n) is 12.9. The van der Waals surface area contributed by atoms with Gasteiger partial charge < -0.3 is 4.90 Å². The minimum Gasteiger partial charge on any atom is -0.310 e. The molecule has 0 N–H and O–H groups in total. The van der Waals surface area contributed by atoms with Gasteiger partial charge in [-0.05, 0) is 107 Å². The molecule has 0 radical (unpaired) electrons. The molecule has 226 valence electrons. The zero-order valence-corrected chi connectivity index (χ0v) is 27.5. The minimum atomic E-state index is -0.127. The van der Waals surface area contributed by atoms with E-state index in [0.717, 1.165) is 17.8 Å². The Morgan fingerprint density at radius 1 is 0.674 bits per heavy atom. The third-order valence-electron chi connectivity index (χ3n) is 9.46. The first kappa shape index (κ1) is 29.6. The molecule has 0 bridgehead atoms. The van der Waals surface area contributed by atoms with Crippen molar-refractivity contribution >= 4 is 33.4 Å². The van der Waals surface area contributed by atoms with Crippen LogP contribution in [0.25, 0.3) is 38.6 Å². The number of benzene rings is 6. The molecular formula is C45H41N. The van der Waals surface area contributed by atoms with Gasteiger partial charge in [-0.3, -0.25) is 0 Å². The molecule has 7 rings (SSSR count). The van der Waals surface area contributed by atoms with Gasteiger partial charge in [0.15, 0.2) is 0 Å². The van der Waals surface area contributed by atoms with E-state index in [9.17, 15) is 0 Å². The second-order valence-corrected chi connectivity index (χ2v) is 12.9. The van der Waals surface area contributed by atoms with Crippen LogP contribution in [0.2, 0.25) is 0 Å². The van der Waals surface area contributed by atoms with E-state index in [0.29, 0.717) is 0 Å². The molecule has 1 aliphatic rings. The summed E-state index contributed by atoms with van der Waals surface area (Å²) in [5.41, 5.74) is 15.0. The molecule has 0 unspecified atom stereocenters. The van der Waals surface area contributed by atoms with Crippen LogP contribution in [0, 0.1) is 6.92 Å². The van der Waals surface area contributed by atoms with Crippen LogP contribution in [0.1, 0.15) is 56.4 Å². The van der Waals surface area contributed by atoms with Crippen LogP contribution >= 0.6 is 0 Å². The minimum absolute atomic E-state index is 0.127. The molecule has 0 fully saturated rings. The number of allylic oxidation sites excluding steroid dienone is 4. The van der Waals surface area contributed by atoms with Gasteiger partial charge >= 0.3 is 0 Å². The molecule has 0 heterocycles. The highest BCUT2D eigenvalue weighted by molar-refractivity contribution is 6.10. The maximum absolute atomic E-state index is 2.48. The fourth-order valence-corrected chi connectivity index (χ4v) is 7.25. The van der Waals surface area contributed by atoms with Crippen molar-refractivity contribution in [3.8, 4) is 22.3 Å². The fourth-order valence-electron chi connectivity index (χ4n) is 7.25. The molecule has 1 aliphatic carbocycles. The Kier molecular flexibility index (Phi) is 7.70. The summed E-state index contributed by atoms with van der Waals surface area (Å²) in [6, 6.07) is 47.1. The largest absolute Gasteiger partial charge is 0.310 e. The van der Waals surface area contributed by atoms with E-state index in [1.165, 1.54) is 66.5 Å². The zero-order valence-electron chi connectivity index (χ0n) is 27.5. The maximum Gasteiger partial charge on any atom is 0.0543 e. The molecule has 6 aromatic rings. The van der Waals surface area contributed by atoms with Crippen LogP contribution < -0.4 is 4.90 Å². The van der Waals surface area contributed by atoms with Gasteiger partial charge in [0, 0.05) is 22.2 Å². The number of para-hydroxylation sites is 1. The van der Waals surface area contributed by atoms with Crippen molar-refractivity contribution in [3.63, 3.8) is 0 Å². The summed E-state index contributed by atoms with van der Waals surface area (Å²) < 4.78 is 0. The smallest absolute Gasteiger partial charge is 0.0543 e. The molecule has 0 aromatic heterocycles. The van der Waals surface area contributed by atoms with E-state index in [4.69, 9.17) is 0 Å². The molecule has 0 aliphatic heterocycles. The molecule has 0 saturated carbocycles. The average molecular weight is 596 g/mol. The van der Waals surface area contributed by atoms with Crippen LogP contribution in [-0.2, 0) is 5.41 Å². The standard InChI is InChI=1S/C45H41N/c1-6-16-32(17-7-2)34-27-35(33-18-10-8-11-19-33)29-37(28-34)46(36-20-12-9-13-21-36)43-30-42-44(39-23-15-14-22-38(39)43)40-25-24-31(3)26-41(40)45(42,4)5/h6,8-30H,7H2,1-5H3/b16-6-,32-17+. The first-order chi connectivity index (χ1) is 22.4. The molecule has 0 amide bonds. The Morgan fingerprint density at radius 3 is 2.09 bits per heavy atom. The Bertz CT molecular complexity index is 2110. The fraction of sp³-hybridized carbons (Fsp3) is 0.156. The first-order valence-electron chi connectivity index (χ1n) is 16.5.